The van der Waals surface area contributed by atoms with Gasteiger partial charge in [-0.15, -0.1) is 0 Å². The SMILES string of the molecule is COC(=O)N1CCN(C2CCC(Nc3nc(Cl)nc4snc(C)c34)CC2)CC1. The molecule has 4 rings (SSSR count). The summed E-state index contributed by atoms with van der Waals surface area (Å²) in [6.07, 6.45) is 4.22. The molecule has 1 saturated heterocycles. The Kier molecular flexibility index (Phi) is 5.84. The van der Waals surface area contributed by atoms with Gasteiger partial charge >= 0.3 is 6.09 Å². The summed E-state index contributed by atoms with van der Waals surface area (Å²) in [5.74, 6) is 0.802. The zero-order chi connectivity index (χ0) is 19.7. The van der Waals surface area contributed by atoms with Crippen LogP contribution in [-0.2, 0) is 4.74 Å². The second-order valence-electron chi connectivity index (χ2n) is 7.43. The first-order chi connectivity index (χ1) is 13.5. The van der Waals surface area contributed by atoms with Crippen LogP contribution in [0.3, 0.4) is 0 Å². The second-order valence-corrected chi connectivity index (χ2v) is 8.52. The van der Waals surface area contributed by atoms with Crippen LogP contribution in [0.1, 0.15) is 31.4 Å². The predicted octanol–water partition coefficient (Wildman–Crippen LogP) is 3.16. The Balaban J connectivity index is 1.33. The summed E-state index contributed by atoms with van der Waals surface area (Å²) in [7, 11) is 1.44. The van der Waals surface area contributed by atoms with E-state index < -0.39 is 0 Å². The number of anilines is 1. The van der Waals surface area contributed by atoms with Crippen molar-refractivity contribution < 1.29 is 9.53 Å². The summed E-state index contributed by atoms with van der Waals surface area (Å²) in [6.45, 7) is 5.30. The number of methoxy groups -OCH3 is 1. The highest BCUT2D eigenvalue weighted by Crippen LogP contribution is 2.31. The fraction of sp³-hybridized carbons (Fsp3) is 0.667. The number of fused-ring (bicyclic) bond motifs is 1. The smallest absolute Gasteiger partial charge is 0.409 e. The summed E-state index contributed by atoms with van der Waals surface area (Å²) in [6, 6.07) is 0.956. The van der Waals surface area contributed by atoms with Crippen LogP contribution < -0.4 is 5.32 Å². The number of carbonyl (C=O) groups excluding carboxylic acids is 1. The number of nitrogens with zero attached hydrogens (tertiary/aromatic N) is 5. The molecule has 152 valence electrons. The van der Waals surface area contributed by atoms with Gasteiger partial charge in [0.1, 0.15) is 5.82 Å². The van der Waals surface area contributed by atoms with Gasteiger partial charge in [-0.2, -0.15) is 4.37 Å². The maximum atomic E-state index is 11.6. The van der Waals surface area contributed by atoms with E-state index in [2.05, 4.69) is 24.6 Å². The van der Waals surface area contributed by atoms with Gasteiger partial charge in [0.2, 0.25) is 5.28 Å². The number of ether oxygens (including phenoxy) is 1. The lowest BCUT2D eigenvalue weighted by molar-refractivity contribution is 0.0642. The lowest BCUT2D eigenvalue weighted by Gasteiger charge is -2.41. The van der Waals surface area contributed by atoms with Gasteiger partial charge in [-0.1, -0.05) is 0 Å². The summed E-state index contributed by atoms with van der Waals surface area (Å²) in [4.78, 5) is 25.5. The molecule has 1 amide bonds. The Labute approximate surface area is 173 Å². The lowest BCUT2D eigenvalue weighted by atomic mass is 9.89. The normalized spacial score (nSPS) is 23.8. The zero-order valence-electron chi connectivity index (χ0n) is 16.2. The molecule has 0 radical (unpaired) electrons. The first-order valence-corrected chi connectivity index (χ1v) is 10.8. The lowest BCUT2D eigenvalue weighted by Crippen LogP contribution is -2.53. The minimum atomic E-state index is -0.222. The Morgan fingerprint density at radius 3 is 2.57 bits per heavy atom. The minimum absolute atomic E-state index is 0.222. The minimum Gasteiger partial charge on any atom is -0.453 e. The van der Waals surface area contributed by atoms with Crippen molar-refractivity contribution in [1.82, 2.24) is 24.1 Å². The first-order valence-electron chi connectivity index (χ1n) is 9.68. The molecular weight excluding hydrogens is 400 g/mol. The fourth-order valence-electron chi connectivity index (χ4n) is 4.25. The molecule has 3 heterocycles. The molecule has 1 aliphatic carbocycles. The van der Waals surface area contributed by atoms with Gasteiger partial charge in [0.25, 0.3) is 0 Å². The topological polar surface area (TPSA) is 83.5 Å². The van der Waals surface area contributed by atoms with Crippen LogP contribution in [0.4, 0.5) is 10.6 Å². The second kappa shape index (κ2) is 8.34. The highest BCUT2D eigenvalue weighted by molar-refractivity contribution is 7.13. The van der Waals surface area contributed by atoms with Crippen molar-refractivity contribution in [2.45, 2.75) is 44.7 Å². The van der Waals surface area contributed by atoms with Crippen molar-refractivity contribution in [2.75, 3.05) is 38.6 Å². The molecule has 2 aromatic heterocycles. The Morgan fingerprint density at radius 1 is 1.18 bits per heavy atom. The third kappa shape index (κ3) is 4.01. The maximum Gasteiger partial charge on any atom is 0.409 e. The largest absolute Gasteiger partial charge is 0.453 e. The molecule has 2 aliphatic rings. The van der Waals surface area contributed by atoms with Crippen LogP contribution in [-0.4, -0.2) is 75.6 Å². The van der Waals surface area contributed by atoms with Crippen molar-refractivity contribution >= 4 is 45.3 Å². The Bertz CT molecular complexity index is 846. The van der Waals surface area contributed by atoms with E-state index in [-0.39, 0.29) is 11.4 Å². The molecule has 0 spiro atoms. The summed E-state index contributed by atoms with van der Waals surface area (Å²) in [5, 5.41) is 4.83. The van der Waals surface area contributed by atoms with Crippen molar-refractivity contribution in [2.24, 2.45) is 0 Å². The van der Waals surface area contributed by atoms with Crippen molar-refractivity contribution in [3.8, 4) is 0 Å². The Hall–Kier alpha value is -1.71. The molecule has 0 unspecified atom stereocenters. The van der Waals surface area contributed by atoms with E-state index in [0.29, 0.717) is 12.1 Å². The quantitative estimate of drug-likeness (QED) is 0.757. The van der Waals surface area contributed by atoms with Crippen molar-refractivity contribution in [3.05, 3.63) is 11.0 Å². The Morgan fingerprint density at radius 2 is 1.89 bits per heavy atom. The van der Waals surface area contributed by atoms with Crippen LogP contribution >= 0.6 is 23.1 Å². The van der Waals surface area contributed by atoms with E-state index in [1.54, 1.807) is 4.90 Å². The number of halogens is 1. The first kappa shape index (κ1) is 19.6. The number of hydrogen-bond acceptors (Lipinski definition) is 8. The molecule has 28 heavy (non-hydrogen) atoms. The molecule has 2 aromatic rings. The zero-order valence-corrected chi connectivity index (χ0v) is 17.7. The molecule has 1 N–H and O–H groups in total. The van der Waals surface area contributed by atoms with Gasteiger partial charge in [0.05, 0.1) is 18.2 Å². The van der Waals surface area contributed by atoms with Gasteiger partial charge in [0.15, 0.2) is 4.83 Å². The third-order valence-electron chi connectivity index (χ3n) is 5.78. The van der Waals surface area contributed by atoms with E-state index in [1.165, 1.54) is 18.6 Å². The van der Waals surface area contributed by atoms with Crippen LogP contribution in [0, 0.1) is 6.92 Å². The number of aromatic nitrogens is 3. The molecule has 0 atom stereocenters. The number of carbonyl (C=O) groups is 1. The summed E-state index contributed by atoms with van der Waals surface area (Å²) >= 11 is 7.45. The molecule has 1 aliphatic heterocycles. The molecular formula is C18H25ClN6O2S. The number of nitrogens with one attached hydrogen (secondary N) is 1. The predicted molar refractivity (Wildman–Crippen MR) is 110 cm³/mol. The summed E-state index contributed by atoms with van der Waals surface area (Å²) < 4.78 is 9.20. The van der Waals surface area contributed by atoms with E-state index in [0.717, 1.165) is 73.6 Å². The van der Waals surface area contributed by atoms with Crippen LogP contribution in [0.5, 0.6) is 0 Å². The van der Waals surface area contributed by atoms with Crippen LogP contribution in [0.2, 0.25) is 5.28 Å². The number of hydrogen-bond donors (Lipinski definition) is 1. The standard InChI is InChI=1S/C18H25ClN6O2S/c1-11-14-15(21-17(19)22-16(14)28-23-11)20-12-3-5-13(6-4-12)24-7-9-25(10-8-24)18(26)27-2/h12-13H,3-10H2,1-2H3,(H,20,21,22). The number of rotatable bonds is 3. The average molecular weight is 425 g/mol. The average Bonchev–Trinajstić information content (AvgIpc) is 3.08. The molecule has 1 saturated carbocycles. The monoisotopic (exact) mass is 424 g/mol. The molecule has 2 fully saturated rings. The molecule has 0 aromatic carbocycles. The van der Waals surface area contributed by atoms with Gasteiger partial charge < -0.3 is 15.0 Å². The van der Waals surface area contributed by atoms with Crippen molar-refractivity contribution in [3.63, 3.8) is 0 Å². The van der Waals surface area contributed by atoms with E-state index in [9.17, 15) is 4.79 Å². The highest BCUT2D eigenvalue weighted by Gasteiger charge is 2.30. The highest BCUT2D eigenvalue weighted by atomic mass is 35.5. The number of piperazine rings is 1. The van der Waals surface area contributed by atoms with E-state index >= 15 is 0 Å². The van der Waals surface area contributed by atoms with Gasteiger partial charge in [0, 0.05) is 38.3 Å². The van der Waals surface area contributed by atoms with Crippen molar-refractivity contribution in [1.29, 1.82) is 0 Å². The van der Waals surface area contributed by atoms with Gasteiger partial charge in [-0.25, -0.2) is 14.8 Å². The number of aryl methyl sites for hydroxylation is 1. The van der Waals surface area contributed by atoms with E-state index in [1.807, 2.05) is 6.92 Å². The molecule has 0 bridgehead atoms. The summed E-state index contributed by atoms with van der Waals surface area (Å²) in [5.41, 5.74) is 0.941. The third-order valence-corrected chi connectivity index (χ3v) is 6.78. The van der Waals surface area contributed by atoms with E-state index in [4.69, 9.17) is 16.3 Å². The van der Waals surface area contributed by atoms with Gasteiger partial charge in [-0.3, -0.25) is 4.90 Å². The molecule has 8 nitrogen and oxygen atoms in total. The molecule has 10 heteroatoms. The fourth-order valence-corrected chi connectivity index (χ4v) is 5.24. The van der Waals surface area contributed by atoms with Crippen LogP contribution in [0.25, 0.3) is 10.2 Å². The van der Waals surface area contributed by atoms with Crippen LogP contribution in [0.15, 0.2) is 0 Å². The number of amides is 1. The maximum absolute atomic E-state index is 11.6. The van der Waals surface area contributed by atoms with Gasteiger partial charge in [-0.05, 0) is 55.7 Å².